The fourth-order valence-corrected chi connectivity index (χ4v) is 2.71. The van der Waals surface area contributed by atoms with Crippen LogP contribution < -0.4 is 10.6 Å². The van der Waals surface area contributed by atoms with Gasteiger partial charge in [-0.2, -0.15) is 0 Å². The number of nitrogens with zero attached hydrogens (tertiary/aromatic N) is 2. The standard InChI is InChI=1S/C18H27FN4.HI/c1-4-20-18(22-16-10-5-6-11-16)21-13-17(23(2)3)14-8-7-9-15(19)12-14;/h5-9,12,16-17H,4,10-11,13H2,1-3H3,(H2,20,21,22);1H. The van der Waals surface area contributed by atoms with Gasteiger partial charge >= 0.3 is 0 Å². The third kappa shape index (κ3) is 6.39. The fourth-order valence-electron chi connectivity index (χ4n) is 2.71. The summed E-state index contributed by atoms with van der Waals surface area (Å²) in [6, 6.07) is 7.21. The van der Waals surface area contributed by atoms with E-state index >= 15 is 0 Å². The maximum atomic E-state index is 13.5. The first-order valence-electron chi connectivity index (χ1n) is 8.22. The molecule has 0 saturated carbocycles. The molecule has 0 saturated heterocycles. The number of benzene rings is 1. The molecule has 4 nitrogen and oxygen atoms in total. The first-order chi connectivity index (χ1) is 11.1. The van der Waals surface area contributed by atoms with E-state index < -0.39 is 0 Å². The Hall–Kier alpha value is -1.15. The second kappa shape index (κ2) is 10.7. The number of nitrogens with one attached hydrogen (secondary N) is 2. The molecule has 1 aromatic carbocycles. The smallest absolute Gasteiger partial charge is 0.191 e. The van der Waals surface area contributed by atoms with Crippen molar-refractivity contribution < 1.29 is 4.39 Å². The molecule has 1 aliphatic rings. The van der Waals surface area contributed by atoms with Crippen molar-refractivity contribution in [2.24, 2.45) is 4.99 Å². The van der Waals surface area contributed by atoms with Gasteiger partial charge in [0.25, 0.3) is 0 Å². The van der Waals surface area contributed by atoms with Crippen molar-refractivity contribution in [2.45, 2.75) is 31.8 Å². The van der Waals surface area contributed by atoms with Gasteiger partial charge in [0.1, 0.15) is 5.82 Å². The average Bonchev–Trinajstić information content (AvgIpc) is 3.00. The van der Waals surface area contributed by atoms with Crippen molar-refractivity contribution in [1.29, 1.82) is 0 Å². The number of hydrogen-bond acceptors (Lipinski definition) is 2. The lowest BCUT2D eigenvalue weighted by Gasteiger charge is -2.24. The van der Waals surface area contributed by atoms with E-state index in [-0.39, 0.29) is 35.8 Å². The van der Waals surface area contributed by atoms with Gasteiger partial charge in [-0.3, -0.25) is 4.99 Å². The molecular weight excluding hydrogens is 418 g/mol. The molecule has 24 heavy (non-hydrogen) atoms. The van der Waals surface area contributed by atoms with Gasteiger partial charge < -0.3 is 15.5 Å². The van der Waals surface area contributed by atoms with E-state index in [1.807, 2.05) is 20.2 Å². The van der Waals surface area contributed by atoms with E-state index in [0.717, 1.165) is 30.9 Å². The van der Waals surface area contributed by atoms with Crippen LogP contribution >= 0.6 is 24.0 Å². The van der Waals surface area contributed by atoms with Crippen LogP contribution in [0.15, 0.2) is 41.4 Å². The molecule has 0 fully saturated rings. The number of rotatable bonds is 6. The van der Waals surface area contributed by atoms with Crippen LogP contribution in [0.2, 0.25) is 0 Å². The molecular formula is C18H28FIN4. The molecule has 1 unspecified atom stereocenters. The van der Waals surface area contributed by atoms with Gasteiger partial charge in [-0.15, -0.1) is 24.0 Å². The van der Waals surface area contributed by atoms with Gasteiger partial charge in [0.2, 0.25) is 0 Å². The van der Waals surface area contributed by atoms with Crippen LogP contribution in [0.25, 0.3) is 0 Å². The van der Waals surface area contributed by atoms with Crippen molar-refractivity contribution in [3.8, 4) is 0 Å². The van der Waals surface area contributed by atoms with Crippen LogP contribution in [-0.2, 0) is 0 Å². The number of guanidine groups is 1. The summed E-state index contributed by atoms with van der Waals surface area (Å²) in [6.45, 7) is 3.45. The lowest BCUT2D eigenvalue weighted by Crippen LogP contribution is -2.43. The Morgan fingerprint density at radius 2 is 2.04 bits per heavy atom. The highest BCUT2D eigenvalue weighted by molar-refractivity contribution is 14.0. The highest BCUT2D eigenvalue weighted by Crippen LogP contribution is 2.19. The van der Waals surface area contributed by atoms with E-state index in [1.54, 1.807) is 12.1 Å². The monoisotopic (exact) mass is 446 g/mol. The molecule has 0 spiro atoms. The molecule has 2 rings (SSSR count). The Morgan fingerprint density at radius 1 is 1.33 bits per heavy atom. The summed E-state index contributed by atoms with van der Waals surface area (Å²) < 4.78 is 13.5. The normalized spacial score (nSPS) is 16.1. The van der Waals surface area contributed by atoms with Gasteiger partial charge in [-0.25, -0.2) is 4.39 Å². The van der Waals surface area contributed by atoms with Crippen molar-refractivity contribution in [3.63, 3.8) is 0 Å². The molecule has 0 amide bonds. The third-order valence-electron chi connectivity index (χ3n) is 3.97. The second-order valence-electron chi connectivity index (χ2n) is 6.04. The summed E-state index contributed by atoms with van der Waals surface area (Å²) in [5.74, 6) is 0.616. The zero-order valence-electron chi connectivity index (χ0n) is 14.6. The Bertz CT molecular complexity index is 552. The van der Waals surface area contributed by atoms with Gasteiger partial charge in [0.15, 0.2) is 5.96 Å². The summed E-state index contributed by atoms with van der Waals surface area (Å²) >= 11 is 0. The molecule has 0 radical (unpaired) electrons. The Balaban J connectivity index is 0.00000288. The van der Waals surface area contributed by atoms with Gasteiger partial charge in [0.05, 0.1) is 12.6 Å². The van der Waals surface area contributed by atoms with E-state index in [0.29, 0.717) is 12.6 Å². The van der Waals surface area contributed by atoms with Crippen LogP contribution in [0.3, 0.4) is 0 Å². The van der Waals surface area contributed by atoms with E-state index in [2.05, 4.69) is 34.6 Å². The molecule has 0 aliphatic heterocycles. The van der Waals surface area contributed by atoms with E-state index in [9.17, 15) is 4.39 Å². The first kappa shape index (κ1) is 20.9. The SMILES string of the molecule is CCNC(=NCC(c1cccc(F)c1)N(C)C)NC1CC=CC1.I. The minimum atomic E-state index is -0.208. The largest absolute Gasteiger partial charge is 0.357 e. The zero-order chi connectivity index (χ0) is 16.7. The van der Waals surface area contributed by atoms with Gasteiger partial charge in [-0.1, -0.05) is 24.3 Å². The van der Waals surface area contributed by atoms with Crippen LogP contribution in [0.4, 0.5) is 4.39 Å². The van der Waals surface area contributed by atoms with E-state index in [4.69, 9.17) is 4.99 Å². The lowest BCUT2D eigenvalue weighted by atomic mass is 10.1. The van der Waals surface area contributed by atoms with Crippen molar-refractivity contribution in [1.82, 2.24) is 15.5 Å². The predicted molar refractivity (Wildman–Crippen MR) is 110 cm³/mol. The predicted octanol–water partition coefficient (Wildman–Crippen LogP) is 3.32. The zero-order valence-corrected chi connectivity index (χ0v) is 17.0. The molecule has 1 aromatic rings. The highest BCUT2D eigenvalue weighted by atomic mass is 127. The summed E-state index contributed by atoms with van der Waals surface area (Å²) in [7, 11) is 3.98. The number of likely N-dealkylation sites (N-methyl/N-ethyl adjacent to an activating group) is 1. The Labute approximate surface area is 161 Å². The summed E-state index contributed by atoms with van der Waals surface area (Å²) in [4.78, 5) is 6.78. The van der Waals surface area contributed by atoms with Gasteiger partial charge in [-0.05, 0) is 51.6 Å². The lowest BCUT2D eigenvalue weighted by molar-refractivity contribution is 0.305. The Kier molecular flexibility index (Phi) is 9.28. The molecule has 134 valence electrons. The van der Waals surface area contributed by atoms with Crippen LogP contribution in [0.5, 0.6) is 0 Å². The van der Waals surface area contributed by atoms with Crippen molar-refractivity contribution >= 4 is 29.9 Å². The topological polar surface area (TPSA) is 39.7 Å². The number of halogens is 2. The van der Waals surface area contributed by atoms with E-state index in [1.165, 1.54) is 6.07 Å². The first-order valence-corrected chi connectivity index (χ1v) is 8.22. The Morgan fingerprint density at radius 3 is 2.62 bits per heavy atom. The molecule has 2 N–H and O–H groups in total. The quantitative estimate of drug-likeness (QED) is 0.305. The molecule has 1 aliphatic carbocycles. The second-order valence-corrected chi connectivity index (χ2v) is 6.04. The minimum absolute atomic E-state index is 0. The number of hydrogen-bond donors (Lipinski definition) is 2. The molecule has 0 aromatic heterocycles. The maximum Gasteiger partial charge on any atom is 0.191 e. The molecule has 0 bridgehead atoms. The summed E-state index contributed by atoms with van der Waals surface area (Å²) in [5.41, 5.74) is 0.942. The fraction of sp³-hybridized carbons (Fsp3) is 0.500. The average molecular weight is 446 g/mol. The summed E-state index contributed by atoms with van der Waals surface area (Å²) in [6.07, 6.45) is 6.45. The molecule has 0 heterocycles. The molecule has 1 atom stereocenters. The van der Waals surface area contributed by atoms with Crippen LogP contribution in [0.1, 0.15) is 31.4 Å². The molecule has 6 heteroatoms. The summed E-state index contributed by atoms with van der Waals surface area (Å²) in [5, 5.41) is 6.74. The number of aliphatic imine (C=N–C) groups is 1. The van der Waals surface area contributed by atoms with Crippen molar-refractivity contribution in [3.05, 3.63) is 47.8 Å². The van der Waals surface area contributed by atoms with Crippen LogP contribution in [0, 0.1) is 5.82 Å². The van der Waals surface area contributed by atoms with Gasteiger partial charge in [0, 0.05) is 12.6 Å². The third-order valence-corrected chi connectivity index (χ3v) is 3.97. The maximum absolute atomic E-state index is 13.5. The minimum Gasteiger partial charge on any atom is -0.357 e. The highest BCUT2D eigenvalue weighted by Gasteiger charge is 2.16. The van der Waals surface area contributed by atoms with Crippen molar-refractivity contribution in [2.75, 3.05) is 27.2 Å². The van der Waals surface area contributed by atoms with Crippen LogP contribution in [-0.4, -0.2) is 44.1 Å².